The normalized spacial score (nSPS) is 45.5. The van der Waals surface area contributed by atoms with E-state index in [4.69, 9.17) is 5.73 Å². The second-order valence-corrected chi connectivity index (χ2v) is 12.3. The first-order chi connectivity index (χ1) is 15.2. The van der Waals surface area contributed by atoms with Crippen molar-refractivity contribution in [2.45, 2.75) is 103 Å². The van der Waals surface area contributed by atoms with Gasteiger partial charge in [0.15, 0.2) is 0 Å². The van der Waals surface area contributed by atoms with Gasteiger partial charge in [-0.2, -0.15) is 0 Å². The SMILES string of the molecule is CC1CCC2CNC(N)C(C3CCC(C4NCCN4CCC4CCCCC4)CC3)C2C1. The quantitative estimate of drug-likeness (QED) is 0.599. The number of nitrogens with zero attached hydrogens (tertiary/aromatic N) is 1. The summed E-state index contributed by atoms with van der Waals surface area (Å²) in [5.74, 6) is 6.14. The molecule has 5 aliphatic rings. The summed E-state index contributed by atoms with van der Waals surface area (Å²) in [5.41, 5.74) is 6.72. The van der Waals surface area contributed by atoms with Crippen LogP contribution in [0.1, 0.15) is 90.4 Å². The molecule has 4 nitrogen and oxygen atoms in total. The molecule has 3 aliphatic carbocycles. The Morgan fingerprint density at radius 3 is 2.39 bits per heavy atom. The summed E-state index contributed by atoms with van der Waals surface area (Å²) >= 11 is 0. The average molecular weight is 431 g/mol. The topological polar surface area (TPSA) is 53.3 Å². The van der Waals surface area contributed by atoms with Crippen molar-refractivity contribution in [3.63, 3.8) is 0 Å². The minimum atomic E-state index is 0.240. The minimum Gasteiger partial charge on any atom is -0.316 e. The molecule has 5 rings (SSSR count). The summed E-state index contributed by atoms with van der Waals surface area (Å²) in [6.07, 6.45) is 19.7. The van der Waals surface area contributed by atoms with E-state index < -0.39 is 0 Å². The van der Waals surface area contributed by atoms with Crippen LogP contribution in [-0.2, 0) is 0 Å². The Kier molecular flexibility index (Phi) is 7.59. The van der Waals surface area contributed by atoms with Crippen molar-refractivity contribution in [1.82, 2.24) is 15.5 Å². The van der Waals surface area contributed by atoms with Crippen LogP contribution in [0, 0.1) is 41.4 Å². The van der Waals surface area contributed by atoms with E-state index in [1.54, 1.807) is 0 Å². The number of hydrogen-bond donors (Lipinski definition) is 3. The first-order valence-electron chi connectivity index (χ1n) is 14.2. The number of fused-ring (bicyclic) bond motifs is 1. The zero-order valence-corrected chi connectivity index (χ0v) is 20.2. The molecule has 5 fully saturated rings. The number of hydrogen-bond acceptors (Lipinski definition) is 4. The van der Waals surface area contributed by atoms with Gasteiger partial charge in [-0.1, -0.05) is 45.4 Å². The van der Waals surface area contributed by atoms with E-state index in [1.165, 1.54) is 110 Å². The molecule has 2 heterocycles. The van der Waals surface area contributed by atoms with Gasteiger partial charge >= 0.3 is 0 Å². The lowest BCUT2D eigenvalue weighted by Crippen LogP contribution is -2.59. The summed E-state index contributed by atoms with van der Waals surface area (Å²) in [4.78, 5) is 2.83. The Hall–Kier alpha value is -0.160. The summed E-state index contributed by atoms with van der Waals surface area (Å²) in [7, 11) is 0. The van der Waals surface area contributed by atoms with Crippen LogP contribution >= 0.6 is 0 Å². The second-order valence-electron chi connectivity index (χ2n) is 12.3. The second kappa shape index (κ2) is 10.4. The fourth-order valence-corrected chi connectivity index (χ4v) is 8.55. The van der Waals surface area contributed by atoms with Gasteiger partial charge in [-0.05, 0) is 99.5 Å². The van der Waals surface area contributed by atoms with Crippen molar-refractivity contribution in [3.05, 3.63) is 0 Å². The van der Waals surface area contributed by atoms with Gasteiger partial charge in [0.05, 0.1) is 12.3 Å². The van der Waals surface area contributed by atoms with Gasteiger partial charge in [-0.25, -0.2) is 0 Å². The van der Waals surface area contributed by atoms with Crippen molar-refractivity contribution >= 4 is 0 Å². The number of nitrogens with two attached hydrogens (primary N) is 1. The van der Waals surface area contributed by atoms with Gasteiger partial charge < -0.3 is 16.4 Å². The summed E-state index contributed by atoms with van der Waals surface area (Å²) in [6.45, 7) is 7.46. The first-order valence-corrected chi connectivity index (χ1v) is 14.2. The molecule has 2 saturated heterocycles. The molecule has 2 aliphatic heterocycles. The van der Waals surface area contributed by atoms with Crippen molar-refractivity contribution in [1.29, 1.82) is 0 Å². The maximum Gasteiger partial charge on any atom is 0.0626 e. The third-order valence-corrected chi connectivity index (χ3v) is 10.3. The summed E-state index contributed by atoms with van der Waals surface area (Å²) < 4.78 is 0. The van der Waals surface area contributed by atoms with E-state index in [2.05, 4.69) is 22.5 Å². The monoisotopic (exact) mass is 430 g/mol. The molecule has 0 radical (unpaired) electrons. The average Bonchev–Trinajstić information content (AvgIpc) is 3.27. The summed E-state index contributed by atoms with van der Waals surface area (Å²) in [6, 6.07) is 0. The summed E-state index contributed by atoms with van der Waals surface area (Å²) in [5, 5.41) is 7.63. The zero-order valence-electron chi connectivity index (χ0n) is 20.2. The smallest absolute Gasteiger partial charge is 0.0626 e. The molecule has 0 aromatic rings. The van der Waals surface area contributed by atoms with Crippen molar-refractivity contribution < 1.29 is 0 Å². The van der Waals surface area contributed by atoms with Crippen LogP contribution in [0.2, 0.25) is 0 Å². The lowest BCUT2D eigenvalue weighted by atomic mass is 9.60. The maximum absolute atomic E-state index is 6.72. The van der Waals surface area contributed by atoms with E-state index in [0.29, 0.717) is 6.17 Å². The standard InChI is InChI=1S/C27H50N4/c1-19-7-8-23-18-30-26(28)25(24(23)17-19)21-9-11-22(12-10-21)27-29-14-16-31(27)15-13-20-5-3-2-4-6-20/h19-27,29-30H,2-18,28H2,1H3. The van der Waals surface area contributed by atoms with Crippen LogP contribution in [0.25, 0.3) is 0 Å². The molecular weight excluding hydrogens is 380 g/mol. The Morgan fingerprint density at radius 2 is 1.58 bits per heavy atom. The molecule has 0 amide bonds. The molecule has 4 heteroatoms. The molecule has 0 spiro atoms. The first kappa shape index (κ1) is 22.6. The molecular formula is C27H50N4. The number of rotatable bonds is 5. The Bertz CT molecular complexity index is 551. The van der Waals surface area contributed by atoms with Crippen LogP contribution in [-0.4, -0.2) is 43.4 Å². The van der Waals surface area contributed by atoms with Crippen molar-refractivity contribution in [2.24, 2.45) is 47.2 Å². The predicted molar refractivity (Wildman–Crippen MR) is 129 cm³/mol. The highest BCUT2D eigenvalue weighted by atomic mass is 15.3. The molecule has 3 saturated carbocycles. The highest BCUT2D eigenvalue weighted by Crippen LogP contribution is 2.47. The number of piperidine rings is 1. The van der Waals surface area contributed by atoms with E-state index in [9.17, 15) is 0 Å². The number of nitrogens with one attached hydrogen (secondary N) is 2. The van der Waals surface area contributed by atoms with E-state index >= 15 is 0 Å². The van der Waals surface area contributed by atoms with E-state index in [0.717, 1.165) is 41.4 Å². The van der Waals surface area contributed by atoms with Crippen LogP contribution in [0.15, 0.2) is 0 Å². The Labute approximate surface area is 191 Å². The van der Waals surface area contributed by atoms with E-state index in [-0.39, 0.29) is 6.17 Å². The fourth-order valence-electron chi connectivity index (χ4n) is 8.55. The van der Waals surface area contributed by atoms with Crippen molar-refractivity contribution in [3.8, 4) is 0 Å². The van der Waals surface area contributed by atoms with Gasteiger partial charge in [0.25, 0.3) is 0 Å². The minimum absolute atomic E-state index is 0.240. The molecule has 0 bridgehead atoms. The Morgan fingerprint density at radius 1 is 0.839 bits per heavy atom. The maximum atomic E-state index is 6.72. The van der Waals surface area contributed by atoms with Gasteiger partial charge in [0.2, 0.25) is 0 Å². The molecule has 4 N–H and O–H groups in total. The van der Waals surface area contributed by atoms with Crippen LogP contribution in [0.5, 0.6) is 0 Å². The molecule has 6 unspecified atom stereocenters. The van der Waals surface area contributed by atoms with Crippen LogP contribution < -0.4 is 16.4 Å². The zero-order chi connectivity index (χ0) is 21.2. The van der Waals surface area contributed by atoms with Gasteiger partial charge in [0.1, 0.15) is 0 Å². The molecule has 6 atom stereocenters. The molecule has 178 valence electrons. The van der Waals surface area contributed by atoms with Crippen LogP contribution in [0.3, 0.4) is 0 Å². The molecule has 0 aromatic heterocycles. The highest BCUT2D eigenvalue weighted by molar-refractivity contribution is 4.97. The van der Waals surface area contributed by atoms with Crippen molar-refractivity contribution in [2.75, 3.05) is 26.2 Å². The largest absolute Gasteiger partial charge is 0.316 e. The highest BCUT2D eigenvalue weighted by Gasteiger charge is 2.45. The molecule has 31 heavy (non-hydrogen) atoms. The van der Waals surface area contributed by atoms with Gasteiger partial charge in [-0.15, -0.1) is 0 Å². The predicted octanol–water partition coefficient (Wildman–Crippen LogP) is 4.55. The van der Waals surface area contributed by atoms with Crippen LogP contribution in [0.4, 0.5) is 0 Å². The lowest BCUT2D eigenvalue weighted by Gasteiger charge is -2.51. The van der Waals surface area contributed by atoms with E-state index in [1.807, 2.05) is 0 Å². The third-order valence-electron chi connectivity index (χ3n) is 10.3. The third kappa shape index (κ3) is 5.18. The molecule has 0 aromatic carbocycles. The fraction of sp³-hybridized carbons (Fsp3) is 1.00. The van der Waals surface area contributed by atoms with Gasteiger partial charge in [0, 0.05) is 13.1 Å². The lowest BCUT2D eigenvalue weighted by molar-refractivity contribution is 0.00431. The van der Waals surface area contributed by atoms with Gasteiger partial charge in [-0.3, -0.25) is 4.90 Å². The Balaban J connectivity index is 1.14.